The maximum Gasteiger partial charge on any atom is 0.255 e. The number of amides is 1. The lowest BCUT2D eigenvalue weighted by atomic mass is 10.1. The zero-order chi connectivity index (χ0) is 18.9. The zero-order valence-corrected chi connectivity index (χ0v) is 15.1. The van der Waals surface area contributed by atoms with Gasteiger partial charge in [-0.2, -0.15) is 5.26 Å². The number of nitrogens with one attached hydrogen (secondary N) is 2. The highest BCUT2D eigenvalue weighted by Gasteiger charge is 2.18. The third-order valence-corrected chi connectivity index (χ3v) is 3.97. The quantitative estimate of drug-likeness (QED) is 0.887. The van der Waals surface area contributed by atoms with Crippen molar-refractivity contribution in [3.8, 4) is 6.07 Å². The number of carbonyl (C=O) groups is 1. The number of hydrogen-bond acceptors (Lipinski definition) is 4. The summed E-state index contributed by atoms with van der Waals surface area (Å²) in [7, 11) is 0. The second-order valence-corrected chi connectivity index (χ2v) is 5.51. The van der Waals surface area contributed by atoms with Gasteiger partial charge in [0, 0.05) is 31.7 Å². The van der Waals surface area contributed by atoms with Crippen molar-refractivity contribution >= 4 is 17.3 Å². The highest BCUT2D eigenvalue weighted by molar-refractivity contribution is 6.05. The summed E-state index contributed by atoms with van der Waals surface area (Å²) in [6.07, 6.45) is 0. The number of hydrogen-bond donors (Lipinski definition) is 2. The number of rotatable bonds is 3. The van der Waals surface area contributed by atoms with Crippen molar-refractivity contribution in [2.45, 2.75) is 13.8 Å². The molecule has 1 heterocycles. The summed E-state index contributed by atoms with van der Waals surface area (Å²) in [5, 5.41) is 15.6. The molecule has 0 atom stereocenters. The van der Waals surface area contributed by atoms with E-state index < -0.39 is 5.82 Å². The van der Waals surface area contributed by atoms with Gasteiger partial charge in [0.1, 0.15) is 11.9 Å². The Labute approximate surface area is 153 Å². The van der Waals surface area contributed by atoms with Gasteiger partial charge >= 0.3 is 0 Å². The van der Waals surface area contributed by atoms with Crippen LogP contribution in [0.2, 0.25) is 0 Å². The van der Waals surface area contributed by atoms with Crippen molar-refractivity contribution < 1.29 is 9.18 Å². The number of benzene rings is 2. The molecule has 0 unspecified atom stereocenters. The first-order chi connectivity index (χ1) is 12.7. The standard InChI is InChI=1S/C18H17FN4O.C2H6/c19-14-6-4-13(5-7-14)18(24)22-16-2-1-3-17(15(16)12-20)23-10-8-21-9-11-23;1-2/h1-7,21H,8-11H2,(H,22,24);1-2H3. The van der Waals surface area contributed by atoms with E-state index in [0.717, 1.165) is 31.9 Å². The molecule has 0 spiro atoms. The van der Waals surface area contributed by atoms with Crippen LogP contribution in [-0.2, 0) is 0 Å². The number of halogens is 1. The van der Waals surface area contributed by atoms with Gasteiger partial charge in [0.05, 0.1) is 16.9 Å². The second kappa shape index (κ2) is 9.54. The summed E-state index contributed by atoms with van der Waals surface area (Å²) in [4.78, 5) is 14.4. The van der Waals surface area contributed by atoms with Gasteiger partial charge in [0.2, 0.25) is 0 Å². The minimum atomic E-state index is -0.398. The summed E-state index contributed by atoms with van der Waals surface area (Å²) < 4.78 is 13.0. The third-order valence-electron chi connectivity index (χ3n) is 3.97. The van der Waals surface area contributed by atoms with Crippen molar-refractivity contribution in [1.29, 1.82) is 5.26 Å². The van der Waals surface area contributed by atoms with Crippen LogP contribution in [0.25, 0.3) is 0 Å². The average molecular weight is 354 g/mol. The van der Waals surface area contributed by atoms with Crippen LogP contribution in [0.3, 0.4) is 0 Å². The van der Waals surface area contributed by atoms with Crippen LogP contribution < -0.4 is 15.5 Å². The van der Waals surface area contributed by atoms with Crippen molar-refractivity contribution in [3.05, 3.63) is 59.4 Å². The van der Waals surface area contributed by atoms with Crippen LogP contribution in [0, 0.1) is 17.1 Å². The maximum absolute atomic E-state index is 13.0. The number of piperazine rings is 1. The molecule has 1 aliphatic rings. The molecule has 2 aromatic rings. The van der Waals surface area contributed by atoms with Gasteiger partial charge in [0.25, 0.3) is 5.91 Å². The third kappa shape index (κ3) is 4.58. The molecular formula is C20H23FN4O. The second-order valence-electron chi connectivity index (χ2n) is 5.51. The van der Waals surface area contributed by atoms with Crippen molar-refractivity contribution in [2.24, 2.45) is 0 Å². The molecule has 2 N–H and O–H groups in total. The average Bonchev–Trinajstić information content (AvgIpc) is 2.70. The Balaban J connectivity index is 0.00000117. The van der Waals surface area contributed by atoms with E-state index in [1.807, 2.05) is 26.0 Å². The van der Waals surface area contributed by atoms with Gasteiger partial charge in [-0.25, -0.2) is 4.39 Å². The predicted molar refractivity (Wildman–Crippen MR) is 102 cm³/mol. The zero-order valence-electron chi connectivity index (χ0n) is 15.1. The topological polar surface area (TPSA) is 68.2 Å². The van der Waals surface area contributed by atoms with E-state index in [-0.39, 0.29) is 5.91 Å². The number of nitriles is 1. The van der Waals surface area contributed by atoms with Crippen molar-refractivity contribution in [1.82, 2.24) is 5.32 Å². The molecule has 0 aromatic heterocycles. The SMILES string of the molecule is CC.N#Cc1c(NC(=O)c2ccc(F)cc2)cccc1N1CCNCC1. The van der Waals surface area contributed by atoms with E-state index in [2.05, 4.69) is 21.6 Å². The molecule has 1 fully saturated rings. The van der Waals surface area contributed by atoms with Gasteiger partial charge in [-0.05, 0) is 36.4 Å². The fourth-order valence-electron chi connectivity index (χ4n) is 2.73. The fraction of sp³-hybridized carbons (Fsp3) is 0.300. The fourth-order valence-corrected chi connectivity index (χ4v) is 2.73. The molecule has 0 bridgehead atoms. The largest absolute Gasteiger partial charge is 0.368 e. The van der Waals surface area contributed by atoms with E-state index >= 15 is 0 Å². The van der Waals surface area contributed by atoms with E-state index in [1.165, 1.54) is 24.3 Å². The Morgan fingerprint density at radius 3 is 2.42 bits per heavy atom. The van der Waals surface area contributed by atoms with Crippen LogP contribution in [0.15, 0.2) is 42.5 Å². The summed E-state index contributed by atoms with van der Waals surface area (Å²) >= 11 is 0. The van der Waals surface area contributed by atoms with Crippen molar-refractivity contribution in [2.75, 3.05) is 36.4 Å². The van der Waals surface area contributed by atoms with E-state index in [4.69, 9.17) is 0 Å². The number of carbonyl (C=O) groups excluding carboxylic acids is 1. The molecule has 0 aliphatic carbocycles. The minimum Gasteiger partial charge on any atom is -0.368 e. The van der Waals surface area contributed by atoms with Gasteiger partial charge in [-0.3, -0.25) is 4.79 Å². The molecule has 1 aliphatic heterocycles. The first kappa shape index (κ1) is 19.4. The molecule has 3 rings (SSSR count). The normalized spacial score (nSPS) is 13.2. The van der Waals surface area contributed by atoms with Gasteiger partial charge in [-0.15, -0.1) is 0 Å². The van der Waals surface area contributed by atoms with E-state index in [1.54, 1.807) is 6.07 Å². The molecule has 0 saturated carbocycles. The lowest BCUT2D eigenvalue weighted by molar-refractivity contribution is 0.102. The molecule has 136 valence electrons. The van der Waals surface area contributed by atoms with Gasteiger partial charge < -0.3 is 15.5 Å². The summed E-state index contributed by atoms with van der Waals surface area (Å²) in [6.45, 7) is 7.34. The first-order valence-corrected chi connectivity index (χ1v) is 8.75. The molecule has 1 saturated heterocycles. The monoisotopic (exact) mass is 354 g/mol. The highest BCUT2D eigenvalue weighted by Crippen LogP contribution is 2.27. The van der Waals surface area contributed by atoms with Crippen LogP contribution in [-0.4, -0.2) is 32.1 Å². The lowest BCUT2D eigenvalue weighted by Crippen LogP contribution is -2.43. The maximum atomic E-state index is 13.0. The predicted octanol–water partition coefficient (Wildman–Crippen LogP) is 3.39. The van der Waals surface area contributed by atoms with Gasteiger partial charge in [0.15, 0.2) is 0 Å². The Morgan fingerprint density at radius 1 is 1.15 bits per heavy atom. The van der Waals surface area contributed by atoms with Gasteiger partial charge in [-0.1, -0.05) is 19.9 Å². The van der Waals surface area contributed by atoms with Crippen LogP contribution >= 0.6 is 0 Å². The Hall–Kier alpha value is -2.91. The number of nitrogens with zero attached hydrogens (tertiary/aromatic N) is 2. The Bertz CT molecular complexity index is 777. The van der Waals surface area contributed by atoms with Crippen LogP contribution in [0.5, 0.6) is 0 Å². The highest BCUT2D eigenvalue weighted by atomic mass is 19.1. The Kier molecular flexibility index (Phi) is 7.12. The van der Waals surface area contributed by atoms with Crippen LogP contribution in [0.1, 0.15) is 29.8 Å². The van der Waals surface area contributed by atoms with E-state index in [9.17, 15) is 14.4 Å². The summed E-state index contributed by atoms with van der Waals surface area (Å²) in [5.74, 6) is -0.770. The first-order valence-electron chi connectivity index (χ1n) is 8.75. The molecule has 2 aromatic carbocycles. The molecule has 0 radical (unpaired) electrons. The smallest absolute Gasteiger partial charge is 0.255 e. The molecule has 1 amide bonds. The molecule has 5 nitrogen and oxygen atoms in total. The lowest BCUT2D eigenvalue weighted by Gasteiger charge is -2.30. The van der Waals surface area contributed by atoms with Crippen LogP contribution in [0.4, 0.5) is 15.8 Å². The summed E-state index contributed by atoms with van der Waals surface area (Å²) in [5.41, 5.74) is 2.06. The Morgan fingerprint density at radius 2 is 1.81 bits per heavy atom. The summed E-state index contributed by atoms with van der Waals surface area (Å²) in [6, 6.07) is 12.9. The van der Waals surface area contributed by atoms with Crippen molar-refractivity contribution in [3.63, 3.8) is 0 Å². The molecule has 6 heteroatoms. The minimum absolute atomic E-state index is 0.341. The molecule has 26 heavy (non-hydrogen) atoms. The van der Waals surface area contributed by atoms with E-state index in [0.29, 0.717) is 16.8 Å². The molecular weight excluding hydrogens is 331 g/mol. The number of anilines is 2.